The van der Waals surface area contributed by atoms with E-state index in [2.05, 4.69) is 0 Å². The fourth-order valence-corrected chi connectivity index (χ4v) is 3.93. The van der Waals surface area contributed by atoms with Crippen LogP contribution in [0, 0.1) is 0 Å². The second kappa shape index (κ2) is 5.54. The van der Waals surface area contributed by atoms with Gasteiger partial charge < -0.3 is 10.5 Å². The molecule has 1 unspecified atom stereocenters. The minimum atomic E-state index is -0.998. The first-order chi connectivity index (χ1) is 8.22. The van der Waals surface area contributed by atoms with Crippen molar-refractivity contribution in [2.75, 3.05) is 12.8 Å². The second-order valence-electron chi connectivity index (χ2n) is 4.46. The molecule has 94 valence electrons. The summed E-state index contributed by atoms with van der Waals surface area (Å²) >= 11 is 0. The summed E-state index contributed by atoms with van der Waals surface area (Å²) in [6.07, 6.45) is 5.72. The van der Waals surface area contributed by atoms with Crippen LogP contribution in [-0.4, -0.2) is 16.6 Å². The topological polar surface area (TPSA) is 52.3 Å². The molecule has 2 rings (SSSR count). The van der Waals surface area contributed by atoms with Gasteiger partial charge in [0.25, 0.3) is 0 Å². The maximum atomic E-state index is 12.5. The SMILES string of the molecule is COc1ccc(N)c(S(=O)C2CCCCC2)c1. The molecule has 1 aliphatic carbocycles. The predicted molar refractivity (Wildman–Crippen MR) is 70.7 cm³/mol. The lowest BCUT2D eigenvalue weighted by molar-refractivity contribution is 0.413. The molecule has 0 aliphatic heterocycles. The van der Waals surface area contributed by atoms with Crippen molar-refractivity contribution in [2.45, 2.75) is 42.2 Å². The van der Waals surface area contributed by atoms with E-state index < -0.39 is 10.8 Å². The van der Waals surface area contributed by atoms with Gasteiger partial charge in [0.1, 0.15) is 5.75 Å². The lowest BCUT2D eigenvalue weighted by Crippen LogP contribution is -2.19. The standard InChI is InChI=1S/C13H19NO2S/c1-16-10-7-8-12(14)13(9-10)17(15)11-5-3-2-4-6-11/h7-9,11H,2-6,14H2,1H3. The van der Waals surface area contributed by atoms with Crippen molar-refractivity contribution in [2.24, 2.45) is 0 Å². The summed E-state index contributed by atoms with van der Waals surface area (Å²) in [5, 5.41) is 0.262. The number of hydrogen-bond acceptors (Lipinski definition) is 3. The molecule has 1 aliphatic rings. The summed E-state index contributed by atoms with van der Waals surface area (Å²) in [5.74, 6) is 0.721. The van der Waals surface area contributed by atoms with E-state index >= 15 is 0 Å². The van der Waals surface area contributed by atoms with Gasteiger partial charge in [0.2, 0.25) is 0 Å². The zero-order chi connectivity index (χ0) is 12.3. The molecule has 1 fully saturated rings. The van der Waals surface area contributed by atoms with E-state index in [0.29, 0.717) is 5.69 Å². The molecule has 0 bridgehead atoms. The van der Waals surface area contributed by atoms with E-state index in [9.17, 15) is 4.21 Å². The highest BCUT2D eigenvalue weighted by molar-refractivity contribution is 7.85. The Balaban J connectivity index is 2.22. The molecule has 0 heterocycles. The van der Waals surface area contributed by atoms with Crippen molar-refractivity contribution in [3.8, 4) is 5.75 Å². The molecule has 0 aromatic heterocycles. The van der Waals surface area contributed by atoms with E-state index in [-0.39, 0.29) is 5.25 Å². The van der Waals surface area contributed by atoms with E-state index in [1.807, 2.05) is 0 Å². The Bertz CT molecular complexity index is 414. The number of nitrogens with two attached hydrogens (primary N) is 1. The zero-order valence-electron chi connectivity index (χ0n) is 10.1. The van der Waals surface area contributed by atoms with Gasteiger partial charge in [0, 0.05) is 10.9 Å². The van der Waals surface area contributed by atoms with Crippen LogP contribution >= 0.6 is 0 Å². The van der Waals surface area contributed by atoms with Crippen LogP contribution < -0.4 is 10.5 Å². The fourth-order valence-electron chi connectivity index (χ4n) is 2.27. The normalized spacial score (nSPS) is 18.9. The molecule has 0 saturated heterocycles. The molecule has 0 amide bonds. The number of methoxy groups -OCH3 is 1. The van der Waals surface area contributed by atoms with Crippen molar-refractivity contribution in [3.63, 3.8) is 0 Å². The molecule has 1 aromatic carbocycles. The molecule has 3 nitrogen and oxygen atoms in total. The summed E-state index contributed by atoms with van der Waals surface area (Å²) in [6.45, 7) is 0. The quantitative estimate of drug-likeness (QED) is 0.843. The van der Waals surface area contributed by atoms with Gasteiger partial charge in [-0.1, -0.05) is 19.3 Å². The Hall–Kier alpha value is -1.03. The molecule has 1 saturated carbocycles. The van der Waals surface area contributed by atoms with Crippen LogP contribution in [0.25, 0.3) is 0 Å². The third-order valence-corrected chi connectivity index (χ3v) is 5.16. The highest BCUT2D eigenvalue weighted by Gasteiger charge is 2.22. The predicted octanol–water partition coefficient (Wildman–Crippen LogP) is 2.72. The van der Waals surface area contributed by atoms with Crippen molar-refractivity contribution in [1.29, 1.82) is 0 Å². The summed E-state index contributed by atoms with van der Waals surface area (Å²) in [7, 11) is 0.612. The van der Waals surface area contributed by atoms with Gasteiger partial charge in [-0.05, 0) is 31.0 Å². The Morgan fingerprint density at radius 3 is 2.65 bits per heavy atom. The maximum Gasteiger partial charge on any atom is 0.120 e. The number of hydrogen-bond donors (Lipinski definition) is 1. The molecule has 1 atom stereocenters. The van der Waals surface area contributed by atoms with Crippen LogP contribution in [0.1, 0.15) is 32.1 Å². The molecular formula is C13H19NO2S. The van der Waals surface area contributed by atoms with Crippen molar-refractivity contribution in [3.05, 3.63) is 18.2 Å². The Labute approximate surface area is 105 Å². The van der Waals surface area contributed by atoms with Crippen LogP contribution in [0.2, 0.25) is 0 Å². The fraction of sp³-hybridized carbons (Fsp3) is 0.538. The molecule has 0 spiro atoms. The highest BCUT2D eigenvalue weighted by atomic mass is 32.2. The molecule has 4 heteroatoms. The zero-order valence-corrected chi connectivity index (χ0v) is 11.0. The summed E-state index contributed by atoms with van der Waals surface area (Å²) in [5.41, 5.74) is 6.51. The van der Waals surface area contributed by atoms with Gasteiger partial charge in [-0.25, -0.2) is 0 Å². The number of benzene rings is 1. The van der Waals surface area contributed by atoms with Crippen LogP contribution in [0.5, 0.6) is 5.75 Å². The smallest absolute Gasteiger partial charge is 0.120 e. The van der Waals surface area contributed by atoms with Gasteiger partial charge >= 0.3 is 0 Å². The third-order valence-electron chi connectivity index (χ3n) is 3.29. The van der Waals surface area contributed by atoms with E-state index in [1.54, 1.807) is 25.3 Å². The van der Waals surface area contributed by atoms with E-state index in [1.165, 1.54) is 19.3 Å². The lowest BCUT2D eigenvalue weighted by Gasteiger charge is -2.21. The van der Waals surface area contributed by atoms with Crippen LogP contribution in [0.4, 0.5) is 5.69 Å². The number of rotatable bonds is 3. The Kier molecular flexibility index (Phi) is 4.05. The summed E-state index contributed by atoms with van der Waals surface area (Å²) < 4.78 is 17.6. The largest absolute Gasteiger partial charge is 0.497 e. The van der Waals surface area contributed by atoms with E-state index in [4.69, 9.17) is 10.5 Å². The maximum absolute atomic E-state index is 12.5. The average molecular weight is 253 g/mol. The van der Waals surface area contributed by atoms with Crippen LogP contribution in [0.15, 0.2) is 23.1 Å². The van der Waals surface area contributed by atoms with Gasteiger partial charge in [-0.2, -0.15) is 0 Å². The van der Waals surface area contributed by atoms with Gasteiger partial charge in [-0.15, -0.1) is 0 Å². The van der Waals surface area contributed by atoms with Gasteiger partial charge in [-0.3, -0.25) is 4.21 Å². The van der Waals surface area contributed by atoms with E-state index in [0.717, 1.165) is 23.5 Å². The molecule has 1 aromatic rings. The van der Waals surface area contributed by atoms with Gasteiger partial charge in [0.05, 0.1) is 22.8 Å². The minimum Gasteiger partial charge on any atom is -0.497 e. The molecule has 17 heavy (non-hydrogen) atoms. The molecule has 2 N–H and O–H groups in total. The Morgan fingerprint density at radius 2 is 2.00 bits per heavy atom. The van der Waals surface area contributed by atoms with Crippen molar-refractivity contribution >= 4 is 16.5 Å². The second-order valence-corrected chi connectivity index (χ2v) is 6.16. The molecular weight excluding hydrogens is 234 g/mol. The van der Waals surface area contributed by atoms with Crippen molar-refractivity contribution < 1.29 is 8.95 Å². The number of ether oxygens (including phenoxy) is 1. The number of anilines is 1. The van der Waals surface area contributed by atoms with Crippen molar-refractivity contribution in [1.82, 2.24) is 0 Å². The highest BCUT2D eigenvalue weighted by Crippen LogP contribution is 2.30. The van der Waals surface area contributed by atoms with Gasteiger partial charge in [0.15, 0.2) is 0 Å². The summed E-state index contributed by atoms with van der Waals surface area (Å²) in [4.78, 5) is 0.733. The summed E-state index contributed by atoms with van der Waals surface area (Å²) in [6, 6.07) is 5.38. The first-order valence-corrected chi connectivity index (χ1v) is 7.28. The molecule has 0 radical (unpaired) electrons. The third kappa shape index (κ3) is 2.80. The lowest BCUT2D eigenvalue weighted by atomic mass is 10.0. The number of nitrogen functional groups attached to an aromatic ring is 1. The Morgan fingerprint density at radius 1 is 1.29 bits per heavy atom. The average Bonchev–Trinajstić information content (AvgIpc) is 2.39. The first kappa shape index (κ1) is 12.4. The van der Waals surface area contributed by atoms with Crippen LogP contribution in [0.3, 0.4) is 0 Å². The minimum absolute atomic E-state index is 0.262. The van der Waals surface area contributed by atoms with Crippen LogP contribution in [-0.2, 0) is 10.8 Å². The monoisotopic (exact) mass is 253 g/mol. The first-order valence-electron chi connectivity index (χ1n) is 6.06.